The molecule has 1 aromatic rings. The van der Waals surface area contributed by atoms with E-state index in [2.05, 4.69) is 17.6 Å². The molecular formula is C17H28ClN3O3S. The molecule has 25 heavy (non-hydrogen) atoms. The molecule has 142 valence electrons. The molecule has 0 radical (unpaired) electrons. The number of hydrogen-bond donors (Lipinski definition) is 2. The van der Waals surface area contributed by atoms with Gasteiger partial charge >= 0.3 is 0 Å². The number of benzene rings is 1. The molecule has 0 unspecified atom stereocenters. The zero-order valence-corrected chi connectivity index (χ0v) is 16.3. The summed E-state index contributed by atoms with van der Waals surface area (Å²) < 4.78 is 26.6. The van der Waals surface area contributed by atoms with Crippen LogP contribution in [0.15, 0.2) is 29.2 Å². The van der Waals surface area contributed by atoms with E-state index in [-0.39, 0.29) is 23.2 Å². The second-order valence-electron chi connectivity index (χ2n) is 6.00. The van der Waals surface area contributed by atoms with Crippen molar-refractivity contribution in [2.24, 2.45) is 0 Å². The third-order valence-corrected chi connectivity index (χ3v) is 6.00. The number of piperidine rings is 1. The van der Waals surface area contributed by atoms with E-state index in [1.807, 2.05) is 0 Å². The van der Waals surface area contributed by atoms with E-state index in [9.17, 15) is 13.2 Å². The largest absolute Gasteiger partial charge is 0.351 e. The highest BCUT2D eigenvalue weighted by atomic mass is 35.5. The monoisotopic (exact) mass is 389 g/mol. The Morgan fingerprint density at radius 1 is 1.04 bits per heavy atom. The zero-order valence-electron chi connectivity index (χ0n) is 14.7. The predicted octanol–water partition coefficient (Wildman–Crippen LogP) is 2.01. The quantitative estimate of drug-likeness (QED) is 0.666. The summed E-state index contributed by atoms with van der Waals surface area (Å²) >= 11 is 0. The third-order valence-electron chi connectivity index (χ3n) is 4.08. The topological polar surface area (TPSA) is 78.5 Å². The number of sulfonamides is 1. The highest BCUT2D eigenvalue weighted by molar-refractivity contribution is 7.89. The fraction of sp³-hybridized carbons (Fsp3) is 0.588. The van der Waals surface area contributed by atoms with Gasteiger partial charge in [0.05, 0.1) is 4.90 Å². The minimum absolute atomic E-state index is 0. The van der Waals surface area contributed by atoms with Crippen LogP contribution in [0, 0.1) is 0 Å². The van der Waals surface area contributed by atoms with Crippen molar-refractivity contribution in [2.75, 3.05) is 32.7 Å². The van der Waals surface area contributed by atoms with Crippen molar-refractivity contribution in [1.82, 2.24) is 14.9 Å². The lowest BCUT2D eigenvalue weighted by atomic mass is 10.2. The van der Waals surface area contributed by atoms with Crippen LogP contribution < -0.4 is 10.6 Å². The Morgan fingerprint density at radius 3 is 2.28 bits per heavy atom. The second-order valence-corrected chi connectivity index (χ2v) is 7.93. The number of rotatable bonds is 8. The number of halogens is 1. The van der Waals surface area contributed by atoms with Crippen molar-refractivity contribution in [3.05, 3.63) is 29.8 Å². The fourth-order valence-corrected chi connectivity index (χ4v) is 4.22. The number of carbonyl (C=O) groups excluding carboxylic acids is 1. The molecule has 0 saturated carbocycles. The summed E-state index contributed by atoms with van der Waals surface area (Å²) in [5.74, 6) is -0.185. The Bertz CT molecular complexity index is 629. The van der Waals surface area contributed by atoms with Crippen LogP contribution in [0.25, 0.3) is 0 Å². The maximum atomic E-state index is 12.6. The molecular weight excluding hydrogens is 362 g/mol. The summed E-state index contributed by atoms with van der Waals surface area (Å²) in [5, 5.41) is 6.03. The van der Waals surface area contributed by atoms with Crippen LogP contribution in [0.4, 0.5) is 0 Å². The van der Waals surface area contributed by atoms with E-state index in [1.54, 1.807) is 12.1 Å². The number of carbonyl (C=O) groups is 1. The normalized spacial score (nSPS) is 15.4. The fourth-order valence-electron chi connectivity index (χ4n) is 2.70. The minimum Gasteiger partial charge on any atom is -0.351 e. The van der Waals surface area contributed by atoms with Gasteiger partial charge in [-0.1, -0.05) is 13.3 Å². The molecule has 1 heterocycles. The molecule has 1 saturated heterocycles. The van der Waals surface area contributed by atoms with Crippen LogP contribution in [-0.2, 0) is 10.0 Å². The number of hydrogen-bond acceptors (Lipinski definition) is 4. The van der Waals surface area contributed by atoms with Gasteiger partial charge in [0.1, 0.15) is 0 Å². The standard InChI is InChI=1S/C17H27N3O3S.ClH/c1-2-10-18-11-12-19-17(21)15-6-8-16(9-7-15)24(22,23)20-13-4-3-5-14-20;/h6-9,18H,2-5,10-14H2,1H3,(H,19,21);1H. The number of nitrogens with zero attached hydrogens (tertiary/aromatic N) is 1. The lowest BCUT2D eigenvalue weighted by Crippen LogP contribution is -2.35. The Labute approximate surface area is 156 Å². The van der Waals surface area contributed by atoms with Gasteiger partial charge in [-0.3, -0.25) is 4.79 Å². The van der Waals surface area contributed by atoms with Crippen LogP contribution in [0.2, 0.25) is 0 Å². The number of nitrogens with one attached hydrogen (secondary N) is 2. The highest BCUT2D eigenvalue weighted by Gasteiger charge is 2.25. The van der Waals surface area contributed by atoms with E-state index in [4.69, 9.17) is 0 Å². The molecule has 0 aliphatic carbocycles. The van der Waals surface area contributed by atoms with Gasteiger partial charge in [-0.05, 0) is 50.1 Å². The molecule has 0 spiro atoms. The lowest BCUT2D eigenvalue weighted by molar-refractivity contribution is 0.0954. The van der Waals surface area contributed by atoms with Crippen LogP contribution in [-0.4, -0.2) is 51.4 Å². The highest BCUT2D eigenvalue weighted by Crippen LogP contribution is 2.20. The average molecular weight is 390 g/mol. The first kappa shape index (κ1) is 21.9. The minimum atomic E-state index is -3.44. The molecule has 1 fully saturated rings. The summed E-state index contributed by atoms with van der Waals surface area (Å²) in [5.41, 5.74) is 0.475. The van der Waals surface area contributed by atoms with Crippen molar-refractivity contribution in [1.29, 1.82) is 0 Å². The SMILES string of the molecule is CCCNCCNC(=O)c1ccc(S(=O)(=O)N2CCCCC2)cc1.Cl. The average Bonchev–Trinajstić information content (AvgIpc) is 2.62. The molecule has 0 aromatic heterocycles. The summed E-state index contributed by atoms with van der Waals surface area (Å²) in [6, 6.07) is 6.19. The third kappa shape index (κ3) is 6.26. The van der Waals surface area contributed by atoms with E-state index in [0.29, 0.717) is 25.2 Å². The lowest BCUT2D eigenvalue weighted by Gasteiger charge is -2.25. The Morgan fingerprint density at radius 2 is 1.68 bits per heavy atom. The summed E-state index contributed by atoms with van der Waals surface area (Å²) in [6.45, 7) is 5.45. The summed E-state index contributed by atoms with van der Waals surface area (Å²) in [6.07, 6.45) is 3.96. The molecule has 0 atom stereocenters. The van der Waals surface area contributed by atoms with Crippen molar-refractivity contribution >= 4 is 28.3 Å². The maximum Gasteiger partial charge on any atom is 0.251 e. The first-order valence-corrected chi connectivity index (χ1v) is 10.1. The number of amides is 1. The van der Waals surface area contributed by atoms with E-state index in [0.717, 1.165) is 38.8 Å². The van der Waals surface area contributed by atoms with E-state index < -0.39 is 10.0 Å². The molecule has 2 N–H and O–H groups in total. The second kappa shape index (κ2) is 10.8. The molecule has 1 aliphatic heterocycles. The van der Waals surface area contributed by atoms with Crippen molar-refractivity contribution in [3.8, 4) is 0 Å². The van der Waals surface area contributed by atoms with Gasteiger partial charge < -0.3 is 10.6 Å². The van der Waals surface area contributed by atoms with Gasteiger partial charge in [0.2, 0.25) is 10.0 Å². The van der Waals surface area contributed by atoms with Gasteiger partial charge in [-0.15, -0.1) is 12.4 Å². The van der Waals surface area contributed by atoms with Crippen molar-refractivity contribution in [2.45, 2.75) is 37.5 Å². The van der Waals surface area contributed by atoms with Gasteiger partial charge in [0, 0.05) is 31.7 Å². The summed E-state index contributed by atoms with van der Waals surface area (Å²) in [4.78, 5) is 12.3. The van der Waals surface area contributed by atoms with Crippen molar-refractivity contribution in [3.63, 3.8) is 0 Å². The molecule has 8 heteroatoms. The first-order valence-electron chi connectivity index (χ1n) is 8.65. The summed E-state index contributed by atoms with van der Waals surface area (Å²) in [7, 11) is -3.44. The molecule has 1 aliphatic rings. The van der Waals surface area contributed by atoms with Crippen LogP contribution in [0.3, 0.4) is 0 Å². The van der Waals surface area contributed by atoms with E-state index in [1.165, 1.54) is 16.4 Å². The smallest absolute Gasteiger partial charge is 0.251 e. The first-order chi connectivity index (χ1) is 11.6. The molecule has 0 bridgehead atoms. The van der Waals surface area contributed by atoms with Gasteiger partial charge in [0.15, 0.2) is 0 Å². The van der Waals surface area contributed by atoms with Gasteiger partial charge in [0.25, 0.3) is 5.91 Å². The van der Waals surface area contributed by atoms with Crippen LogP contribution >= 0.6 is 12.4 Å². The Balaban J connectivity index is 0.00000312. The molecule has 1 amide bonds. The van der Waals surface area contributed by atoms with Gasteiger partial charge in [-0.25, -0.2) is 8.42 Å². The van der Waals surface area contributed by atoms with Crippen LogP contribution in [0.5, 0.6) is 0 Å². The Hall–Kier alpha value is -1.15. The predicted molar refractivity (Wildman–Crippen MR) is 102 cm³/mol. The molecule has 2 rings (SSSR count). The molecule has 6 nitrogen and oxygen atoms in total. The zero-order chi connectivity index (χ0) is 17.4. The Kier molecular flexibility index (Phi) is 9.42. The van der Waals surface area contributed by atoms with E-state index >= 15 is 0 Å². The molecule has 1 aromatic carbocycles. The van der Waals surface area contributed by atoms with Crippen LogP contribution in [0.1, 0.15) is 43.0 Å². The van der Waals surface area contributed by atoms with Gasteiger partial charge in [-0.2, -0.15) is 4.31 Å². The maximum absolute atomic E-state index is 12.6. The van der Waals surface area contributed by atoms with Crippen molar-refractivity contribution < 1.29 is 13.2 Å².